The van der Waals surface area contributed by atoms with E-state index < -0.39 is 77.3 Å². The molecule has 0 atom stereocenters. The number of carbonyl (C=O) groups is 6. The molecule has 0 aliphatic rings. The Morgan fingerprint density at radius 2 is 0.542 bits per heavy atom. The summed E-state index contributed by atoms with van der Waals surface area (Å²) in [6.45, 7) is 13.0. The zero-order valence-electron chi connectivity index (χ0n) is 73.2. The molecule has 0 fully saturated rings. The van der Waals surface area contributed by atoms with E-state index in [4.69, 9.17) is 40.0 Å². The van der Waals surface area contributed by atoms with Gasteiger partial charge in [-0.3, -0.25) is 31.9 Å². The number of hydrogen-bond acceptors (Lipinski definition) is 18. The monoisotopic (exact) mass is 2000 g/mol. The van der Waals surface area contributed by atoms with Crippen LogP contribution in [-0.4, -0.2) is 79.2 Å². The van der Waals surface area contributed by atoms with E-state index in [2.05, 4.69) is 98.8 Å². The number of hydrogen-bond donors (Lipinski definition) is 6. The molecule has 0 radical (unpaired) electrons. The minimum absolute atomic E-state index is 0.0119. The maximum absolute atomic E-state index is 13.9. The molecule has 0 aliphatic heterocycles. The Kier molecular flexibility index (Phi) is 42.2. The molecule has 0 unspecified atom stereocenters. The number of benzene rings is 12. The van der Waals surface area contributed by atoms with Gasteiger partial charge in [-0.1, -0.05) is 119 Å². The van der Waals surface area contributed by atoms with Crippen LogP contribution < -0.4 is 60.3 Å². The molecular weight excluding hydrogens is 1910 g/mol. The van der Waals surface area contributed by atoms with Crippen LogP contribution in [0.1, 0.15) is 72.3 Å². The molecule has 12 rings (SSSR count). The Bertz CT molecular complexity index is 5240. The highest BCUT2D eigenvalue weighted by Gasteiger charge is 2.20. The Balaban J connectivity index is 0.000000215. The topological polar surface area (TPSA) is 285 Å². The normalized spacial score (nSPS) is 10.2. The standard InChI is InChI=1S/C17H18FNO3.C16H15BrFNO3.C16H15ClFNO3.C16H15F2NO3.C16H15FINO3.C16H16FNO3/c1-11-7-8-16(14(18)9-11)22-10-13-12(2)5-4-6-15(13)19-17(20)21-3;3*1-10-6-7-15(13(18)8-10)22-9-11-12(17)4-3-5-14(11)19-16(20)21-2;1-10-6-7-15(12(17)8-10)22-9-11-13(18)4-3-5-14(11)19-16(20)21-2;1-11-7-8-15(13(17)9-11)21-10-12-5-3-4-6-14(12)18-16(19)20-2/h4-9H,10H2,1-3H3,(H,19,20);4*3-8H,9H2,1-2H3,(H,19,20);3-9H,10H2,1-2H3,(H,18,19). The van der Waals surface area contributed by atoms with Crippen molar-refractivity contribution in [2.75, 3.05) is 74.6 Å². The molecule has 6 amide bonds. The quantitative estimate of drug-likeness (QED) is 0.0186. The molecule has 12 aromatic carbocycles. The number of rotatable bonds is 24. The largest absolute Gasteiger partial charge is 0.486 e. The van der Waals surface area contributed by atoms with Crippen molar-refractivity contribution in [3.8, 4) is 34.5 Å². The van der Waals surface area contributed by atoms with Gasteiger partial charge >= 0.3 is 36.6 Å². The van der Waals surface area contributed by atoms with Gasteiger partial charge in [0, 0.05) is 46.4 Å². The number of para-hydroxylation sites is 1. The summed E-state index contributed by atoms with van der Waals surface area (Å²) in [5.41, 5.74) is 12.3. The van der Waals surface area contributed by atoms with Crippen molar-refractivity contribution in [2.24, 2.45) is 0 Å². The van der Waals surface area contributed by atoms with Crippen molar-refractivity contribution in [1.29, 1.82) is 0 Å². The molecule has 12 aromatic rings. The Labute approximate surface area is 779 Å². The molecule has 0 aliphatic carbocycles. The van der Waals surface area contributed by atoms with Crippen LogP contribution in [0.3, 0.4) is 0 Å². The average Bonchev–Trinajstić information content (AvgIpc) is 0.849. The van der Waals surface area contributed by atoms with Gasteiger partial charge in [0.15, 0.2) is 69.4 Å². The number of amides is 6. The second-order valence-electron chi connectivity index (χ2n) is 27.9. The Morgan fingerprint density at radius 1 is 0.282 bits per heavy atom. The minimum Gasteiger partial charge on any atom is -0.486 e. The van der Waals surface area contributed by atoms with Crippen LogP contribution in [0.5, 0.6) is 34.5 Å². The molecule has 690 valence electrons. The van der Waals surface area contributed by atoms with Crippen molar-refractivity contribution < 1.29 is 116 Å². The highest BCUT2D eigenvalue weighted by molar-refractivity contribution is 14.1. The fourth-order valence-electron chi connectivity index (χ4n) is 11.3. The van der Waals surface area contributed by atoms with Gasteiger partial charge in [0.1, 0.15) is 45.5 Å². The van der Waals surface area contributed by atoms with Crippen LogP contribution in [0.25, 0.3) is 0 Å². The smallest absolute Gasteiger partial charge is 0.411 e. The average molecular weight is 2010 g/mol. The van der Waals surface area contributed by atoms with Crippen LogP contribution >= 0.6 is 50.1 Å². The van der Waals surface area contributed by atoms with E-state index in [1.807, 2.05) is 64.1 Å². The number of nitrogens with one attached hydrogen (secondary N) is 6. The summed E-state index contributed by atoms with van der Waals surface area (Å²) in [7, 11) is 7.62. The highest BCUT2D eigenvalue weighted by atomic mass is 127. The van der Waals surface area contributed by atoms with E-state index in [-0.39, 0.29) is 85.4 Å². The van der Waals surface area contributed by atoms with E-state index >= 15 is 0 Å². The first-order valence-corrected chi connectivity index (χ1v) is 41.6. The summed E-state index contributed by atoms with van der Waals surface area (Å²) in [4.78, 5) is 68.0. The summed E-state index contributed by atoms with van der Waals surface area (Å²) >= 11 is 11.7. The summed E-state index contributed by atoms with van der Waals surface area (Å²) < 4.78 is 158. The van der Waals surface area contributed by atoms with Gasteiger partial charge in [0.25, 0.3) is 0 Å². The van der Waals surface area contributed by atoms with Gasteiger partial charge < -0.3 is 56.8 Å². The fourth-order valence-corrected chi connectivity index (χ4v) is 12.6. The summed E-state index contributed by atoms with van der Waals surface area (Å²) in [5, 5.41) is 15.8. The zero-order chi connectivity index (χ0) is 95.8. The second kappa shape index (κ2) is 53.1. The number of aryl methyl sites for hydroxylation is 7. The van der Waals surface area contributed by atoms with Crippen LogP contribution in [0, 0.1) is 92.8 Å². The van der Waals surface area contributed by atoms with Gasteiger partial charge in [-0.05, 0) is 243 Å². The van der Waals surface area contributed by atoms with Crippen LogP contribution in [0.4, 0.5) is 93.6 Å². The first kappa shape index (κ1) is 104. The first-order chi connectivity index (χ1) is 62.6. The number of carbonyl (C=O) groups excluding carboxylic acids is 6. The van der Waals surface area contributed by atoms with Gasteiger partial charge in [-0.25, -0.2) is 59.5 Å². The summed E-state index contributed by atoms with van der Waals surface area (Å²) in [6, 6.07) is 60.7. The lowest BCUT2D eigenvalue weighted by Gasteiger charge is -2.14. The third-order valence-corrected chi connectivity index (χ3v) is 20.3. The molecular formula is C97H94BrClF7IN6O18. The minimum atomic E-state index is -0.728. The van der Waals surface area contributed by atoms with E-state index in [0.29, 0.717) is 44.6 Å². The molecule has 34 heteroatoms. The number of methoxy groups -OCH3 is 6. The fraction of sp³-hybridized carbons (Fsp3) is 0.196. The molecule has 0 bridgehead atoms. The first-order valence-electron chi connectivity index (χ1n) is 39.3. The third-order valence-electron chi connectivity index (χ3n) is 18.2. The van der Waals surface area contributed by atoms with Crippen molar-refractivity contribution >= 4 is 121 Å². The van der Waals surface area contributed by atoms with Crippen LogP contribution in [0.15, 0.2) is 229 Å². The van der Waals surface area contributed by atoms with Crippen molar-refractivity contribution in [3.63, 3.8) is 0 Å². The molecule has 0 saturated heterocycles. The molecule has 24 nitrogen and oxygen atoms in total. The van der Waals surface area contributed by atoms with Crippen molar-refractivity contribution in [3.05, 3.63) is 351 Å². The number of halogens is 10. The zero-order valence-corrected chi connectivity index (χ0v) is 77.7. The lowest BCUT2D eigenvalue weighted by molar-refractivity contribution is 0.186. The summed E-state index contributed by atoms with van der Waals surface area (Å²) in [5.74, 6) is -2.37. The summed E-state index contributed by atoms with van der Waals surface area (Å²) in [6.07, 6.45) is -3.62. The molecule has 0 saturated carbocycles. The predicted molar refractivity (Wildman–Crippen MR) is 498 cm³/mol. The van der Waals surface area contributed by atoms with Crippen LogP contribution in [0.2, 0.25) is 5.02 Å². The lowest BCUT2D eigenvalue weighted by Crippen LogP contribution is -2.14. The maximum Gasteiger partial charge on any atom is 0.411 e. The molecule has 6 N–H and O–H groups in total. The number of ether oxygens (including phenoxy) is 12. The van der Waals surface area contributed by atoms with Gasteiger partial charge in [0.05, 0.1) is 76.8 Å². The SMILES string of the molecule is COC(=O)Nc1cccc(Br)c1COc1ccc(C)cc1F.COC(=O)Nc1cccc(C)c1COc1ccc(C)cc1F.COC(=O)Nc1cccc(Cl)c1COc1ccc(C)cc1F.COC(=O)Nc1cccc(F)c1COc1ccc(C)cc1F.COC(=O)Nc1cccc(I)c1COc1ccc(C)cc1F.COC(=O)Nc1ccccc1COc1ccc(C)cc1F. The lowest BCUT2D eigenvalue weighted by atomic mass is 10.1. The maximum atomic E-state index is 13.9. The third kappa shape index (κ3) is 33.9. The van der Waals surface area contributed by atoms with E-state index in [9.17, 15) is 59.5 Å². The second-order valence-corrected chi connectivity index (χ2v) is 30.3. The predicted octanol–water partition coefficient (Wildman–Crippen LogP) is 25.8. The van der Waals surface area contributed by atoms with Crippen LogP contribution in [-0.2, 0) is 68.1 Å². The number of anilines is 6. The molecule has 0 aromatic heterocycles. The molecule has 0 spiro atoms. The van der Waals surface area contributed by atoms with E-state index in [0.717, 1.165) is 63.7 Å². The van der Waals surface area contributed by atoms with E-state index in [1.165, 1.54) is 103 Å². The van der Waals surface area contributed by atoms with Crippen molar-refractivity contribution in [1.82, 2.24) is 0 Å². The Hall–Kier alpha value is -13.9. The van der Waals surface area contributed by atoms with Gasteiger partial charge in [0.2, 0.25) is 0 Å². The Morgan fingerprint density at radius 3 is 0.908 bits per heavy atom. The molecule has 0 heterocycles. The van der Waals surface area contributed by atoms with Gasteiger partial charge in [-0.2, -0.15) is 0 Å². The van der Waals surface area contributed by atoms with Gasteiger partial charge in [-0.15, -0.1) is 0 Å². The molecule has 131 heavy (non-hydrogen) atoms. The highest BCUT2D eigenvalue weighted by Crippen LogP contribution is 2.34. The van der Waals surface area contributed by atoms with Crippen molar-refractivity contribution in [2.45, 2.75) is 88.1 Å². The van der Waals surface area contributed by atoms with E-state index in [1.54, 1.807) is 148 Å².